The number of nitrogens with one attached hydrogen (secondary N) is 3. The van der Waals surface area contributed by atoms with Crippen molar-refractivity contribution in [2.45, 2.75) is 18.9 Å². The number of amides is 3. The van der Waals surface area contributed by atoms with Crippen molar-refractivity contribution in [2.24, 2.45) is 0 Å². The fourth-order valence-corrected chi connectivity index (χ4v) is 2.54. The number of carbonyl (C=O) groups excluding carboxylic acids is 2. The highest BCUT2D eigenvalue weighted by molar-refractivity contribution is 5.95. The molecular weight excluding hydrogens is 325 g/mol. The van der Waals surface area contributed by atoms with Crippen LogP contribution in [0.25, 0.3) is 0 Å². The summed E-state index contributed by atoms with van der Waals surface area (Å²) in [4.78, 5) is 23.9. The van der Waals surface area contributed by atoms with Gasteiger partial charge in [-0.1, -0.05) is 18.2 Å². The number of hydrogen-bond donors (Lipinski definition) is 3. The second kappa shape index (κ2) is 7.65. The molecule has 0 radical (unpaired) electrons. The lowest BCUT2D eigenvalue weighted by Crippen LogP contribution is -2.51. The summed E-state index contributed by atoms with van der Waals surface area (Å²) in [6.07, 6.45) is 1.41. The highest BCUT2D eigenvalue weighted by Gasteiger charge is 2.23. The zero-order chi connectivity index (χ0) is 17.6. The maximum absolute atomic E-state index is 13.3. The maximum atomic E-state index is 13.3. The lowest BCUT2D eigenvalue weighted by Gasteiger charge is -2.23. The van der Waals surface area contributed by atoms with Crippen molar-refractivity contribution >= 4 is 17.6 Å². The van der Waals surface area contributed by atoms with Gasteiger partial charge in [-0.3, -0.25) is 4.79 Å². The Kier molecular flexibility index (Phi) is 5.13. The Morgan fingerprint density at radius 2 is 2.04 bits per heavy atom. The summed E-state index contributed by atoms with van der Waals surface area (Å²) in [7, 11) is 0. The van der Waals surface area contributed by atoms with Gasteiger partial charge in [-0.15, -0.1) is 0 Å². The van der Waals surface area contributed by atoms with Crippen molar-refractivity contribution in [3.05, 3.63) is 54.3 Å². The fourth-order valence-electron chi connectivity index (χ4n) is 2.54. The Morgan fingerprint density at radius 1 is 1.20 bits per heavy atom. The van der Waals surface area contributed by atoms with Gasteiger partial charge in [-0.25, -0.2) is 9.18 Å². The van der Waals surface area contributed by atoms with E-state index in [2.05, 4.69) is 16.0 Å². The monoisotopic (exact) mass is 343 g/mol. The highest BCUT2D eigenvalue weighted by atomic mass is 19.1. The van der Waals surface area contributed by atoms with Gasteiger partial charge in [0.2, 0.25) is 5.91 Å². The number of halogens is 1. The van der Waals surface area contributed by atoms with Crippen LogP contribution in [0.4, 0.5) is 14.9 Å². The largest absolute Gasteiger partial charge is 0.455 e. The Bertz CT molecular complexity index is 782. The van der Waals surface area contributed by atoms with Gasteiger partial charge in [-0.2, -0.15) is 0 Å². The molecule has 3 N–H and O–H groups in total. The first-order valence-corrected chi connectivity index (χ1v) is 7.99. The van der Waals surface area contributed by atoms with E-state index in [1.54, 1.807) is 30.3 Å². The van der Waals surface area contributed by atoms with E-state index in [-0.39, 0.29) is 5.91 Å². The second-order valence-electron chi connectivity index (χ2n) is 5.64. The lowest BCUT2D eigenvalue weighted by molar-refractivity contribution is -0.124. The maximum Gasteiger partial charge on any atom is 0.319 e. The molecule has 1 saturated heterocycles. The van der Waals surface area contributed by atoms with Crippen molar-refractivity contribution < 1.29 is 18.7 Å². The summed E-state index contributed by atoms with van der Waals surface area (Å²) in [5.41, 5.74) is 0.417. The minimum atomic E-state index is -0.551. The number of para-hydroxylation sites is 2. The third kappa shape index (κ3) is 4.47. The highest BCUT2D eigenvalue weighted by Crippen LogP contribution is 2.29. The molecule has 3 amide bonds. The van der Waals surface area contributed by atoms with Crippen molar-refractivity contribution in [1.82, 2.24) is 10.6 Å². The second-order valence-corrected chi connectivity index (χ2v) is 5.64. The molecule has 0 aliphatic carbocycles. The van der Waals surface area contributed by atoms with Crippen molar-refractivity contribution in [3.8, 4) is 11.5 Å². The van der Waals surface area contributed by atoms with Gasteiger partial charge < -0.3 is 20.7 Å². The molecule has 0 spiro atoms. The molecule has 3 rings (SSSR count). The van der Waals surface area contributed by atoms with Crippen LogP contribution in [-0.2, 0) is 4.79 Å². The van der Waals surface area contributed by atoms with Crippen LogP contribution in [0.15, 0.2) is 48.5 Å². The lowest BCUT2D eigenvalue weighted by atomic mass is 10.1. The van der Waals surface area contributed by atoms with Crippen molar-refractivity contribution in [2.75, 3.05) is 11.9 Å². The average molecular weight is 343 g/mol. The number of urea groups is 1. The molecule has 0 aromatic heterocycles. The van der Waals surface area contributed by atoms with Gasteiger partial charge in [-0.05, 0) is 37.1 Å². The molecule has 2 aromatic carbocycles. The number of carbonyl (C=O) groups is 2. The van der Waals surface area contributed by atoms with Crippen LogP contribution in [0.3, 0.4) is 0 Å². The van der Waals surface area contributed by atoms with Crippen LogP contribution in [0.5, 0.6) is 11.5 Å². The van der Waals surface area contributed by atoms with Crippen LogP contribution >= 0.6 is 0 Å². The summed E-state index contributed by atoms with van der Waals surface area (Å²) in [5, 5.41) is 8.01. The zero-order valence-electron chi connectivity index (χ0n) is 13.4. The summed E-state index contributed by atoms with van der Waals surface area (Å²) >= 11 is 0. The van der Waals surface area contributed by atoms with Gasteiger partial charge >= 0.3 is 6.03 Å². The molecule has 7 heteroatoms. The van der Waals surface area contributed by atoms with Gasteiger partial charge in [0, 0.05) is 12.6 Å². The van der Waals surface area contributed by atoms with E-state index in [1.165, 1.54) is 18.2 Å². The van der Waals surface area contributed by atoms with E-state index < -0.39 is 17.9 Å². The molecule has 1 aliphatic heterocycles. The van der Waals surface area contributed by atoms with Gasteiger partial charge in [0.05, 0.1) is 5.69 Å². The summed E-state index contributed by atoms with van der Waals surface area (Å²) in [5.74, 6) is 0.0901. The zero-order valence-corrected chi connectivity index (χ0v) is 13.4. The van der Waals surface area contributed by atoms with Crippen molar-refractivity contribution in [3.63, 3.8) is 0 Å². The molecule has 0 bridgehead atoms. The molecular formula is C18H18FN3O3. The topological polar surface area (TPSA) is 79.5 Å². The van der Waals surface area contributed by atoms with Gasteiger partial charge in [0.15, 0.2) is 5.75 Å². The van der Waals surface area contributed by atoms with E-state index in [0.717, 1.165) is 6.42 Å². The van der Waals surface area contributed by atoms with Crippen LogP contribution in [0.2, 0.25) is 0 Å². The standard InChI is InChI=1S/C18H18FN3O3/c19-12-5-3-6-13(11-12)25-16-9-2-1-7-14(16)21-18(24)22-15-8-4-10-20-17(15)23/h1-3,5-7,9,11,15H,4,8,10H2,(H,20,23)(H2,21,22,24). The fraction of sp³-hybridized carbons (Fsp3) is 0.222. The summed E-state index contributed by atoms with van der Waals surface area (Å²) < 4.78 is 18.9. The molecule has 1 aliphatic rings. The van der Waals surface area contributed by atoms with Crippen LogP contribution in [0.1, 0.15) is 12.8 Å². The van der Waals surface area contributed by atoms with Crippen molar-refractivity contribution in [1.29, 1.82) is 0 Å². The third-order valence-corrected chi connectivity index (χ3v) is 3.75. The van der Waals surface area contributed by atoms with E-state index in [4.69, 9.17) is 4.74 Å². The predicted molar refractivity (Wildman–Crippen MR) is 91.1 cm³/mol. The number of hydrogen-bond acceptors (Lipinski definition) is 3. The summed E-state index contributed by atoms with van der Waals surface area (Å²) in [6.45, 7) is 0.628. The van der Waals surface area contributed by atoms with Crippen LogP contribution in [0, 0.1) is 5.82 Å². The van der Waals surface area contributed by atoms with E-state index in [9.17, 15) is 14.0 Å². The quantitative estimate of drug-likeness (QED) is 0.798. The molecule has 1 unspecified atom stereocenters. The third-order valence-electron chi connectivity index (χ3n) is 3.75. The molecule has 1 atom stereocenters. The van der Waals surface area contributed by atoms with E-state index in [0.29, 0.717) is 30.2 Å². The predicted octanol–water partition coefficient (Wildman–Crippen LogP) is 3.02. The minimum absolute atomic E-state index is 0.189. The molecule has 2 aromatic rings. The number of ether oxygens (including phenoxy) is 1. The number of rotatable bonds is 4. The van der Waals surface area contributed by atoms with E-state index in [1.807, 2.05) is 0 Å². The number of benzene rings is 2. The first kappa shape index (κ1) is 16.8. The first-order valence-electron chi connectivity index (χ1n) is 7.99. The Labute approximate surface area is 144 Å². The average Bonchev–Trinajstić information content (AvgIpc) is 2.59. The molecule has 25 heavy (non-hydrogen) atoms. The smallest absolute Gasteiger partial charge is 0.319 e. The number of anilines is 1. The first-order chi connectivity index (χ1) is 12.1. The van der Waals surface area contributed by atoms with Gasteiger partial charge in [0.25, 0.3) is 0 Å². The normalized spacial score (nSPS) is 16.7. The summed E-state index contributed by atoms with van der Waals surface area (Å²) in [6, 6.07) is 11.5. The van der Waals surface area contributed by atoms with Crippen LogP contribution < -0.4 is 20.7 Å². The molecule has 6 nitrogen and oxygen atoms in total. The Morgan fingerprint density at radius 3 is 2.84 bits per heavy atom. The van der Waals surface area contributed by atoms with Crippen LogP contribution in [-0.4, -0.2) is 24.5 Å². The molecule has 0 saturated carbocycles. The van der Waals surface area contributed by atoms with Gasteiger partial charge in [0.1, 0.15) is 17.6 Å². The number of piperidine rings is 1. The van der Waals surface area contributed by atoms with E-state index >= 15 is 0 Å². The molecule has 1 fully saturated rings. The molecule has 130 valence electrons. The molecule has 1 heterocycles. The minimum Gasteiger partial charge on any atom is -0.455 e. The Hall–Kier alpha value is -3.09. The SMILES string of the molecule is O=C(Nc1ccccc1Oc1cccc(F)c1)NC1CCCNC1=O. The Balaban J connectivity index is 1.68.